The fourth-order valence-corrected chi connectivity index (χ4v) is 1.10. The fraction of sp³-hybridized carbons (Fsp3) is 0.333. The van der Waals surface area contributed by atoms with Crippen LogP contribution in [-0.2, 0) is 5.92 Å². The Labute approximate surface area is 88.0 Å². The third-order valence-corrected chi connectivity index (χ3v) is 2.21. The number of hydrogen-bond acceptors (Lipinski definition) is 2. The van der Waals surface area contributed by atoms with Gasteiger partial charge in [-0.2, -0.15) is 22.0 Å². The monoisotopic (exact) mass is 240 g/mol. The van der Waals surface area contributed by atoms with Crippen LogP contribution in [0, 0.1) is 6.92 Å². The molecule has 4 N–H and O–H groups in total. The lowest BCUT2D eigenvalue weighted by atomic mass is 10.0. The van der Waals surface area contributed by atoms with Crippen LogP contribution in [0.5, 0.6) is 0 Å². The van der Waals surface area contributed by atoms with Crippen molar-refractivity contribution in [1.82, 2.24) is 0 Å². The van der Waals surface area contributed by atoms with Crippen molar-refractivity contribution in [2.45, 2.75) is 19.0 Å². The Balaban J connectivity index is 3.35. The van der Waals surface area contributed by atoms with Crippen molar-refractivity contribution in [2.75, 3.05) is 11.5 Å². The van der Waals surface area contributed by atoms with Crippen molar-refractivity contribution in [3.8, 4) is 0 Å². The highest BCUT2D eigenvalue weighted by Gasteiger charge is 2.58. The molecule has 1 aromatic carbocycles. The van der Waals surface area contributed by atoms with Gasteiger partial charge in [-0.05, 0) is 24.6 Å². The SMILES string of the molecule is Cc1c(N)cc(C(F)(F)C(F)(F)F)cc1N. The number of benzene rings is 1. The van der Waals surface area contributed by atoms with E-state index in [4.69, 9.17) is 11.5 Å². The van der Waals surface area contributed by atoms with Crippen LogP contribution in [0.15, 0.2) is 12.1 Å². The van der Waals surface area contributed by atoms with Gasteiger partial charge in [0.05, 0.1) is 0 Å². The van der Waals surface area contributed by atoms with Crippen molar-refractivity contribution >= 4 is 11.4 Å². The van der Waals surface area contributed by atoms with Gasteiger partial charge < -0.3 is 11.5 Å². The minimum atomic E-state index is -5.67. The van der Waals surface area contributed by atoms with E-state index in [1.807, 2.05) is 0 Å². The Bertz CT molecular complexity index is 388. The number of hydrogen-bond donors (Lipinski definition) is 2. The molecule has 0 heterocycles. The normalized spacial score (nSPS) is 12.9. The average Bonchev–Trinajstić information content (AvgIpc) is 2.11. The molecule has 0 unspecified atom stereocenters. The molecular weight excluding hydrogens is 231 g/mol. The summed E-state index contributed by atoms with van der Waals surface area (Å²) < 4.78 is 62.0. The summed E-state index contributed by atoms with van der Waals surface area (Å²) in [6, 6.07) is 1.17. The second-order valence-corrected chi connectivity index (χ2v) is 3.35. The molecule has 2 nitrogen and oxygen atoms in total. The molecule has 1 rings (SSSR count). The van der Waals surface area contributed by atoms with Gasteiger partial charge in [0.2, 0.25) is 0 Å². The van der Waals surface area contributed by atoms with E-state index in [0.29, 0.717) is 12.1 Å². The van der Waals surface area contributed by atoms with E-state index in [1.54, 1.807) is 0 Å². The zero-order chi connectivity index (χ0) is 12.7. The Kier molecular flexibility index (Phi) is 2.74. The summed E-state index contributed by atoms with van der Waals surface area (Å²) in [5, 5.41) is 0. The molecule has 1 aromatic rings. The molecule has 0 aliphatic rings. The van der Waals surface area contributed by atoms with Crippen molar-refractivity contribution in [1.29, 1.82) is 0 Å². The number of nitrogens with two attached hydrogens (primary N) is 2. The summed E-state index contributed by atoms with van der Waals surface area (Å²) in [6.45, 7) is 1.43. The van der Waals surface area contributed by atoms with Gasteiger partial charge in [-0.3, -0.25) is 0 Å². The minimum absolute atomic E-state index is 0.195. The molecule has 0 atom stereocenters. The molecule has 0 amide bonds. The lowest BCUT2D eigenvalue weighted by Crippen LogP contribution is -2.33. The summed E-state index contributed by atoms with van der Waals surface area (Å²) in [5.41, 5.74) is 9.20. The summed E-state index contributed by atoms with van der Waals surface area (Å²) in [4.78, 5) is 0. The molecule has 7 heteroatoms. The predicted octanol–water partition coefficient (Wildman–Crippen LogP) is 2.81. The number of rotatable bonds is 1. The standard InChI is InChI=1S/C9H9F5N2/c1-4-6(15)2-5(3-7(4)16)8(10,11)9(12,13)14/h2-3H,15-16H2,1H3. The predicted molar refractivity (Wildman–Crippen MR) is 50.0 cm³/mol. The molecule has 0 radical (unpaired) electrons. The lowest BCUT2D eigenvalue weighted by Gasteiger charge is -2.21. The highest BCUT2D eigenvalue weighted by molar-refractivity contribution is 5.63. The van der Waals surface area contributed by atoms with Crippen molar-refractivity contribution < 1.29 is 22.0 Å². The third-order valence-electron chi connectivity index (χ3n) is 2.21. The minimum Gasteiger partial charge on any atom is -0.398 e. The first kappa shape index (κ1) is 12.5. The second kappa shape index (κ2) is 3.50. The smallest absolute Gasteiger partial charge is 0.398 e. The van der Waals surface area contributed by atoms with Crippen LogP contribution in [0.4, 0.5) is 33.3 Å². The molecule has 0 aliphatic heterocycles. The number of anilines is 2. The lowest BCUT2D eigenvalue weighted by molar-refractivity contribution is -0.289. The van der Waals surface area contributed by atoms with E-state index in [2.05, 4.69) is 0 Å². The Morgan fingerprint density at radius 2 is 1.31 bits per heavy atom. The zero-order valence-electron chi connectivity index (χ0n) is 8.20. The summed E-state index contributed by atoms with van der Waals surface area (Å²) >= 11 is 0. The molecule has 0 aromatic heterocycles. The van der Waals surface area contributed by atoms with E-state index < -0.39 is 17.7 Å². The molecule has 0 spiro atoms. The van der Waals surface area contributed by atoms with Gasteiger partial charge in [0.1, 0.15) is 0 Å². The van der Waals surface area contributed by atoms with E-state index in [0.717, 1.165) is 0 Å². The maximum Gasteiger partial charge on any atom is 0.458 e. The molecule has 0 fully saturated rings. The van der Waals surface area contributed by atoms with Gasteiger partial charge in [0, 0.05) is 16.9 Å². The van der Waals surface area contributed by atoms with Gasteiger partial charge in [-0.15, -0.1) is 0 Å². The number of nitrogen functional groups attached to an aromatic ring is 2. The van der Waals surface area contributed by atoms with Gasteiger partial charge in [-0.25, -0.2) is 0 Å². The van der Waals surface area contributed by atoms with E-state index >= 15 is 0 Å². The number of alkyl halides is 5. The van der Waals surface area contributed by atoms with Crippen molar-refractivity contribution in [3.05, 3.63) is 23.3 Å². The molecule has 0 aliphatic carbocycles. The zero-order valence-corrected chi connectivity index (χ0v) is 8.20. The fourth-order valence-electron chi connectivity index (χ4n) is 1.10. The molecule has 16 heavy (non-hydrogen) atoms. The largest absolute Gasteiger partial charge is 0.458 e. The Morgan fingerprint density at radius 1 is 0.938 bits per heavy atom. The van der Waals surface area contributed by atoms with E-state index in [9.17, 15) is 22.0 Å². The van der Waals surface area contributed by atoms with Crippen LogP contribution in [0.3, 0.4) is 0 Å². The summed E-state index contributed by atoms with van der Waals surface area (Å²) in [6.07, 6.45) is -5.67. The van der Waals surface area contributed by atoms with Crippen LogP contribution >= 0.6 is 0 Å². The molecular formula is C9H9F5N2. The van der Waals surface area contributed by atoms with Crippen LogP contribution in [-0.4, -0.2) is 6.18 Å². The van der Waals surface area contributed by atoms with Crippen LogP contribution in [0.1, 0.15) is 11.1 Å². The van der Waals surface area contributed by atoms with Gasteiger partial charge in [0.25, 0.3) is 0 Å². The molecule has 90 valence electrons. The van der Waals surface area contributed by atoms with Crippen molar-refractivity contribution in [3.63, 3.8) is 0 Å². The Hall–Kier alpha value is -1.53. The van der Waals surface area contributed by atoms with Crippen LogP contribution in [0.2, 0.25) is 0 Å². The highest BCUT2D eigenvalue weighted by Crippen LogP contribution is 2.45. The van der Waals surface area contributed by atoms with Gasteiger partial charge in [-0.1, -0.05) is 0 Å². The third kappa shape index (κ3) is 1.89. The maximum absolute atomic E-state index is 12.9. The highest BCUT2D eigenvalue weighted by atomic mass is 19.4. The topological polar surface area (TPSA) is 52.0 Å². The van der Waals surface area contributed by atoms with Crippen molar-refractivity contribution in [2.24, 2.45) is 0 Å². The summed E-state index contributed by atoms with van der Waals surface area (Å²) in [7, 11) is 0. The average molecular weight is 240 g/mol. The van der Waals surface area contributed by atoms with Gasteiger partial charge in [0.15, 0.2) is 0 Å². The quantitative estimate of drug-likeness (QED) is 0.585. The van der Waals surface area contributed by atoms with Crippen LogP contribution < -0.4 is 11.5 Å². The van der Waals surface area contributed by atoms with Gasteiger partial charge >= 0.3 is 12.1 Å². The van der Waals surface area contributed by atoms with E-state index in [-0.39, 0.29) is 16.9 Å². The maximum atomic E-state index is 12.9. The Morgan fingerprint density at radius 3 is 1.62 bits per heavy atom. The first-order chi connectivity index (χ1) is 7.07. The number of halogens is 5. The molecule has 0 bridgehead atoms. The second-order valence-electron chi connectivity index (χ2n) is 3.35. The first-order valence-electron chi connectivity index (χ1n) is 4.18. The molecule has 0 saturated carbocycles. The van der Waals surface area contributed by atoms with E-state index in [1.165, 1.54) is 6.92 Å². The first-order valence-corrected chi connectivity index (χ1v) is 4.18. The molecule has 0 saturated heterocycles. The summed E-state index contributed by atoms with van der Waals surface area (Å²) in [5.74, 6) is -4.96. The van der Waals surface area contributed by atoms with Crippen LogP contribution in [0.25, 0.3) is 0 Å².